The number of hydrogen-bond acceptors (Lipinski definition) is 3. The Morgan fingerprint density at radius 3 is 2.83 bits per heavy atom. The molecule has 114 valence electrons. The van der Waals surface area contributed by atoms with Crippen molar-refractivity contribution in [3.8, 4) is 0 Å². The van der Waals surface area contributed by atoms with Gasteiger partial charge >= 0.3 is 5.97 Å². The molecule has 0 aliphatic carbocycles. The quantitative estimate of drug-likeness (QED) is 0.854. The Kier molecular flexibility index (Phi) is 3.34. The van der Waals surface area contributed by atoms with Gasteiger partial charge in [-0.2, -0.15) is 0 Å². The zero-order valence-electron chi connectivity index (χ0n) is 12.3. The fourth-order valence-electron chi connectivity index (χ4n) is 3.12. The Bertz CT molecular complexity index is 870. The summed E-state index contributed by atoms with van der Waals surface area (Å²) in [6.45, 7) is 8.90. The molecule has 1 aliphatic rings. The fourth-order valence-corrected chi connectivity index (χ4v) is 3.12. The molecule has 0 saturated heterocycles. The molecular weight excluding hydrogens is 294 g/mol. The second-order valence-electron chi connectivity index (χ2n) is 5.41. The van der Waals surface area contributed by atoms with Crippen molar-refractivity contribution in [2.45, 2.75) is 18.8 Å². The molecule has 0 bridgehead atoms. The van der Waals surface area contributed by atoms with Gasteiger partial charge in [0.05, 0.1) is 13.0 Å². The molecule has 1 aromatic heterocycles. The van der Waals surface area contributed by atoms with Gasteiger partial charge < -0.3 is 10.4 Å². The minimum absolute atomic E-state index is 0.358. The zero-order valence-corrected chi connectivity index (χ0v) is 12.3. The molecule has 1 unspecified atom stereocenters. The van der Waals surface area contributed by atoms with Crippen molar-refractivity contribution in [2.75, 3.05) is 5.32 Å². The molecule has 2 aromatic rings. The SMILES string of the molecule is [C-]#[N+]c1ccc2c(c1)C(CC(=O)O)(c1cccnc1C)C(=O)N2. The number of rotatable bonds is 3. The molecule has 2 N–H and O–H groups in total. The van der Waals surface area contributed by atoms with E-state index in [-0.39, 0.29) is 0 Å². The van der Waals surface area contributed by atoms with Crippen LogP contribution in [0.25, 0.3) is 4.85 Å². The first kappa shape index (κ1) is 14.7. The van der Waals surface area contributed by atoms with Gasteiger partial charge in [-0.25, -0.2) is 4.85 Å². The highest BCUT2D eigenvalue weighted by molar-refractivity contribution is 6.10. The highest BCUT2D eigenvalue weighted by Gasteiger charge is 2.50. The number of pyridine rings is 1. The minimum Gasteiger partial charge on any atom is -0.481 e. The van der Waals surface area contributed by atoms with E-state index in [0.717, 1.165) is 0 Å². The maximum absolute atomic E-state index is 12.8. The molecule has 1 atom stereocenters. The van der Waals surface area contributed by atoms with Crippen LogP contribution in [-0.2, 0) is 15.0 Å². The first-order valence-electron chi connectivity index (χ1n) is 6.96. The first-order chi connectivity index (χ1) is 11.0. The zero-order chi connectivity index (χ0) is 16.6. The smallest absolute Gasteiger partial charge is 0.305 e. The molecule has 6 heteroatoms. The topological polar surface area (TPSA) is 83.7 Å². The van der Waals surface area contributed by atoms with Gasteiger partial charge in [-0.15, -0.1) is 0 Å². The maximum atomic E-state index is 12.8. The average Bonchev–Trinajstić information content (AvgIpc) is 2.79. The molecule has 0 saturated carbocycles. The summed E-state index contributed by atoms with van der Waals surface area (Å²) in [5.41, 5.74) is 1.16. The number of amides is 1. The van der Waals surface area contributed by atoms with Gasteiger partial charge in [0.15, 0.2) is 5.69 Å². The van der Waals surface area contributed by atoms with Crippen molar-refractivity contribution in [2.24, 2.45) is 0 Å². The average molecular weight is 307 g/mol. The van der Waals surface area contributed by atoms with Crippen molar-refractivity contribution < 1.29 is 14.7 Å². The Morgan fingerprint density at radius 1 is 1.39 bits per heavy atom. The molecule has 1 amide bonds. The van der Waals surface area contributed by atoms with Gasteiger partial charge in [-0.1, -0.05) is 12.1 Å². The van der Waals surface area contributed by atoms with Crippen LogP contribution in [0.15, 0.2) is 36.5 Å². The second-order valence-corrected chi connectivity index (χ2v) is 5.41. The lowest BCUT2D eigenvalue weighted by Crippen LogP contribution is -2.38. The predicted molar refractivity (Wildman–Crippen MR) is 83.3 cm³/mol. The molecule has 1 aromatic carbocycles. The summed E-state index contributed by atoms with van der Waals surface area (Å²) in [5.74, 6) is -1.50. The summed E-state index contributed by atoms with van der Waals surface area (Å²) in [4.78, 5) is 31.8. The van der Waals surface area contributed by atoms with Crippen LogP contribution in [0.5, 0.6) is 0 Å². The van der Waals surface area contributed by atoms with Crippen LogP contribution in [0.3, 0.4) is 0 Å². The number of fused-ring (bicyclic) bond motifs is 1. The Balaban J connectivity index is 2.34. The van der Waals surface area contributed by atoms with E-state index < -0.39 is 23.7 Å². The van der Waals surface area contributed by atoms with E-state index in [1.54, 1.807) is 43.5 Å². The summed E-state index contributed by atoms with van der Waals surface area (Å²) in [7, 11) is 0. The number of carbonyl (C=O) groups excluding carboxylic acids is 1. The van der Waals surface area contributed by atoms with Crippen molar-refractivity contribution in [3.05, 3.63) is 64.8 Å². The Morgan fingerprint density at radius 2 is 2.17 bits per heavy atom. The monoisotopic (exact) mass is 307 g/mol. The van der Waals surface area contributed by atoms with Crippen LogP contribution in [-0.4, -0.2) is 22.0 Å². The summed E-state index contributed by atoms with van der Waals surface area (Å²) in [5, 5.41) is 12.1. The van der Waals surface area contributed by atoms with Crippen molar-refractivity contribution in [1.29, 1.82) is 0 Å². The van der Waals surface area contributed by atoms with Crippen LogP contribution in [0, 0.1) is 13.5 Å². The first-order valence-corrected chi connectivity index (χ1v) is 6.96. The van der Waals surface area contributed by atoms with E-state index in [1.807, 2.05) is 0 Å². The van der Waals surface area contributed by atoms with E-state index in [2.05, 4.69) is 15.1 Å². The molecule has 0 spiro atoms. The van der Waals surface area contributed by atoms with E-state index in [0.29, 0.717) is 28.2 Å². The number of carbonyl (C=O) groups is 2. The van der Waals surface area contributed by atoms with Crippen LogP contribution >= 0.6 is 0 Å². The van der Waals surface area contributed by atoms with Crippen LogP contribution < -0.4 is 5.32 Å². The summed E-state index contributed by atoms with van der Waals surface area (Å²) < 4.78 is 0. The van der Waals surface area contributed by atoms with Gasteiger partial charge in [-0.05, 0) is 36.2 Å². The third kappa shape index (κ3) is 2.14. The number of benzene rings is 1. The molecule has 2 heterocycles. The number of aliphatic carboxylic acids is 1. The van der Waals surface area contributed by atoms with Crippen molar-refractivity contribution in [3.63, 3.8) is 0 Å². The fraction of sp³-hybridized carbons (Fsp3) is 0.176. The van der Waals surface area contributed by atoms with E-state index >= 15 is 0 Å². The van der Waals surface area contributed by atoms with E-state index in [1.165, 1.54) is 0 Å². The van der Waals surface area contributed by atoms with Crippen LogP contribution in [0.4, 0.5) is 11.4 Å². The predicted octanol–water partition coefficient (Wildman–Crippen LogP) is 2.65. The van der Waals surface area contributed by atoms with Gasteiger partial charge in [0.1, 0.15) is 5.41 Å². The number of nitrogens with one attached hydrogen (secondary N) is 1. The molecule has 1 aliphatic heterocycles. The third-order valence-corrected chi connectivity index (χ3v) is 4.11. The number of hydrogen-bond donors (Lipinski definition) is 2. The van der Waals surface area contributed by atoms with Gasteiger partial charge in [0.2, 0.25) is 5.91 Å². The standard InChI is InChI=1S/C17H13N3O3/c1-10-12(4-3-7-19-10)17(9-15(21)22)13-8-11(18-2)5-6-14(13)20-16(17)23/h3-8H,9H2,1H3,(H,20,23)(H,21,22). The van der Waals surface area contributed by atoms with E-state index in [4.69, 9.17) is 6.57 Å². The summed E-state index contributed by atoms with van der Waals surface area (Å²) in [6, 6.07) is 8.20. The number of carboxylic acid groups (broad SMARTS) is 1. The van der Waals surface area contributed by atoms with Gasteiger partial charge in [0, 0.05) is 17.6 Å². The highest BCUT2D eigenvalue weighted by Crippen LogP contribution is 2.47. The third-order valence-electron chi connectivity index (χ3n) is 4.11. The minimum atomic E-state index is -1.37. The van der Waals surface area contributed by atoms with Crippen molar-refractivity contribution >= 4 is 23.3 Å². The van der Waals surface area contributed by atoms with E-state index in [9.17, 15) is 14.7 Å². The number of aryl methyl sites for hydroxylation is 1. The lowest BCUT2D eigenvalue weighted by Gasteiger charge is -2.27. The molecule has 6 nitrogen and oxygen atoms in total. The molecule has 0 fully saturated rings. The van der Waals surface area contributed by atoms with Gasteiger partial charge in [-0.3, -0.25) is 14.6 Å². The molecule has 0 radical (unpaired) electrons. The summed E-state index contributed by atoms with van der Waals surface area (Å²) >= 11 is 0. The van der Waals surface area contributed by atoms with Gasteiger partial charge in [0.25, 0.3) is 0 Å². The second kappa shape index (κ2) is 5.21. The van der Waals surface area contributed by atoms with Crippen molar-refractivity contribution in [1.82, 2.24) is 4.98 Å². The lowest BCUT2D eigenvalue weighted by molar-refractivity contribution is -0.140. The molecule has 23 heavy (non-hydrogen) atoms. The molecule has 3 rings (SSSR count). The van der Waals surface area contributed by atoms with Crippen LogP contribution in [0.1, 0.15) is 23.2 Å². The number of nitrogens with zero attached hydrogens (tertiary/aromatic N) is 2. The number of anilines is 1. The Labute approximate surface area is 132 Å². The number of carboxylic acids is 1. The summed E-state index contributed by atoms with van der Waals surface area (Å²) in [6.07, 6.45) is 1.19. The lowest BCUT2D eigenvalue weighted by atomic mass is 9.72. The Hall–Kier alpha value is -3.20. The molecular formula is C17H13N3O3. The number of aromatic nitrogens is 1. The van der Waals surface area contributed by atoms with Crippen LogP contribution in [0.2, 0.25) is 0 Å². The normalized spacial score (nSPS) is 18.9. The highest BCUT2D eigenvalue weighted by atomic mass is 16.4. The maximum Gasteiger partial charge on any atom is 0.305 e. The largest absolute Gasteiger partial charge is 0.481 e.